The van der Waals surface area contributed by atoms with Crippen molar-refractivity contribution in [2.24, 2.45) is 0 Å². The third-order valence-electron chi connectivity index (χ3n) is 3.23. The molecule has 2 N–H and O–H groups in total. The van der Waals surface area contributed by atoms with E-state index in [2.05, 4.69) is 5.32 Å². The fourth-order valence-corrected chi connectivity index (χ4v) is 2.05. The third-order valence-corrected chi connectivity index (χ3v) is 3.23. The number of hydrogen-bond acceptors (Lipinski definition) is 6. The summed E-state index contributed by atoms with van der Waals surface area (Å²) in [5.41, 5.74) is 1.24. The van der Waals surface area contributed by atoms with Crippen LogP contribution < -0.4 is 5.32 Å². The number of benzene rings is 1. The first-order chi connectivity index (χ1) is 11.6. The number of amides is 1. The second-order valence-corrected chi connectivity index (χ2v) is 4.94. The average Bonchev–Trinajstić information content (AvgIpc) is 3.12. The fraction of sp³-hybridized carbons (Fsp3) is 0.294. The number of furan rings is 1. The Balaban J connectivity index is 1.99. The normalized spacial score (nSPS) is 12.9. The van der Waals surface area contributed by atoms with Gasteiger partial charge in [-0.25, -0.2) is 9.59 Å². The van der Waals surface area contributed by atoms with Gasteiger partial charge in [0.1, 0.15) is 6.61 Å². The van der Waals surface area contributed by atoms with E-state index in [1.54, 1.807) is 6.92 Å². The fourth-order valence-electron chi connectivity index (χ4n) is 2.05. The zero-order chi connectivity index (χ0) is 17.4. The lowest BCUT2D eigenvalue weighted by Gasteiger charge is -2.21. The van der Waals surface area contributed by atoms with E-state index in [1.165, 1.54) is 18.6 Å². The molecule has 2 rings (SSSR count). The number of nitrogens with one attached hydrogen (secondary N) is 1. The molecule has 0 radical (unpaired) electrons. The van der Waals surface area contributed by atoms with Crippen molar-refractivity contribution in [1.82, 2.24) is 5.32 Å². The minimum Gasteiger partial charge on any atom is -0.472 e. The Morgan fingerprint density at radius 2 is 1.96 bits per heavy atom. The molecule has 0 unspecified atom stereocenters. The molecule has 0 spiro atoms. The van der Waals surface area contributed by atoms with Crippen molar-refractivity contribution >= 4 is 12.1 Å². The van der Waals surface area contributed by atoms with Gasteiger partial charge in [0, 0.05) is 5.56 Å². The van der Waals surface area contributed by atoms with Gasteiger partial charge in [0.05, 0.1) is 25.2 Å². The topological polar surface area (TPSA) is 98.0 Å². The van der Waals surface area contributed by atoms with Crippen LogP contribution >= 0.6 is 0 Å². The molecule has 0 bridgehead atoms. The van der Waals surface area contributed by atoms with Crippen molar-refractivity contribution in [1.29, 1.82) is 0 Å². The smallest absolute Gasteiger partial charge is 0.408 e. The first-order valence-corrected chi connectivity index (χ1v) is 7.45. The first-order valence-electron chi connectivity index (χ1n) is 7.45. The van der Waals surface area contributed by atoms with Gasteiger partial charge in [-0.05, 0) is 18.6 Å². The lowest BCUT2D eigenvalue weighted by molar-refractivity contribution is -0.154. The van der Waals surface area contributed by atoms with Crippen LogP contribution in [0.15, 0.2) is 53.3 Å². The summed E-state index contributed by atoms with van der Waals surface area (Å²) in [5.74, 6) is -0.841. The van der Waals surface area contributed by atoms with E-state index < -0.39 is 24.2 Å². The van der Waals surface area contributed by atoms with Gasteiger partial charge in [0.15, 0.2) is 6.10 Å². The number of esters is 1. The van der Waals surface area contributed by atoms with Gasteiger partial charge >= 0.3 is 12.1 Å². The van der Waals surface area contributed by atoms with E-state index in [4.69, 9.17) is 13.9 Å². The minimum atomic E-state index is -1.58. The Hall–Kier alpha value is -2.80. The second-order valence-electron chi connectivity index (χ2n) is 4.94. The van der Waals surface area contributed by atoms with Crippen LogP contribution in [-0.2, 0) is 20.9 Å². The average molecular weight is 333 g/mol. The second kappa shape index (κ2) is 8.73. The van der Waals surface area contributed by atoms with Crippen LogP contribution in [0.5, 0.6) is 0 Å². The highest BCUT2D eigenvalue weighted by Crippen LogP contribution is 2.19. The minimum absolute atomic E-state index is 0.0697. The highest BCUT2D eigenvalue weighted by atomic mass is 16.6. The number of ether oxygens (including phenoxy) is 2. The Morgan fingerprint density at radius 1 is 1.21 bits per heavy atom. The van der Waals surface area contributed by atoms with Gasteiger partial charge in [-0.1, -0.05) is 30.3 Å². The zero-order valence-corrected chi connectivity index (χ0v) is 13.2. The van der Waals surface area contributed by atoms with Crippen LogP contribution in [0.4, 0.5) is 4.79 Å². The summed E-state index contributed by atoms with van der Waals surface area (Å²) < 4.78 is 14.8. The van der Waals surface area contributed by atoms with Crippen molar-refractivity contribution in [2.45, 2.75) is 25.7 Å². The molecular weight excluding hydrogens is 314 g/mol. The molecule has 24 heavy (non-hydrogen) atoms. The molecule has 1 amide bonds. The molecule has 7 heteroatoms. The maximum atomic E-state index is 12.0. The number of carbonyl (C=O) groups is 2. The molecule has 2 atom stereocenters. The maximum Gasteiger partial charge on any atom is 0.408 e. The Bertz CT molecular complexity index is 640. The van der Waals surface area contributed by atoms with E-state index in [9.17, 15) is 14.7 Å². The maximum absolute atomic E-state index is 12.0. The molecule has 0 aliphatic carbocycles. The lowest BCUT2D eigenvalue weighted by Crippen LogP contribution is -2.41. The van der Waals surface area contributed by atoms with E-state index in [-0.39, 0.29) is 13.2 Å². The molecular formula is C17H19NO6. The summed E-state index contributed by atoms with van der Waals surface area (Å²) in [6.07, 6.45) is 0.349. The largest absolute Gasteiger partial charge is 0.472 e. The van der Waals surface area contributed by atoms with Gasteiger partial charge in [-0.2, -0.15) is 0 Å². The summed E-state index contributed by atoms with van der Waals surface area (Å²) in [6, 6.07) is 9.64. The molecule has 1 aromatic carbocycles. The van der Waals surface area contributed by atoms with Crippen molar-refractivity contribution < 1.29 is 28.6 Å². The molecule has 1 heterocycles. The summed E-state index contributed by atoms with van der Waals surface area (Å²) in [6.45, 7) is 1.81. The van der Waals surface area contributed by atoms with Crippen LogP contribution in [-0.4, -0.2) is 29.9 Å². The Morgan fingerprint density at radius 3 is 2.58 bits per heavy atom. The van der Waals surface area contributed by atoms with Crippen LogP contribution in [0.3, 0.4) is 0 Å². The standard InChI is InChI=1S/C17H19NO6/c1-2-23-16(20)15(19)14(13-8-9-22-11-13)18-17(21)24-10-12-6-4-3-5-7-12/h3-9,11,14-15,19H,2,10H2,1H3,(H,18,21)/t14-,15+/m0/s1. The molecule has 0 aliphatic heterocycles. The molecule has 7 nitrogen and oxygen atoms in total. The van der Waals surface area contributed by atoms with Gasteiger partial charge in [-0.3, -0.25) is 0 Å². The lowest BCUT2D eigenvalue weighted by atomic mass is 10.1. The number of aliphatic hydroxyl groups is 1. The molecule has 0 aliphatic rings. The number of alkyl carbamates (subject to hydrolysis) is 1. The summed E-state index contributed by atoms with van der Waals surface area (Å²) in [7, 11) is 0. The van der Waals surface area contributed by atoms with E-state index in [0.717, 1.165) is 5.56 Å². The summed E-state index contributed by atoms with van der Waals surface area (Å²) in [5, 5.41) is 12.6. The molecule has 0 saturated carbocycles. The predicted molar refractivity (Wildman–Crippen MR) is 83.9 cm³/mol. The SMILES string of the molecule is CCOC(=O)[C@H](O)[C@@H](NC(=O)OCc1ccccc1)c1ccoc1. The monoisotopic (exact) mass is 333 g/mol. The Kier molecular flexibility index (Phi) is 6.39. The number of rotatable bonds is 7. The van der Waals surface area contributed by atoms with Gasteiger partial charge in [0.2, 0.25) is 0 Å². The molecule has 0 saturated heterocycles. The quantitative estimate of drug-likeness (QED) is 0.754. The molecule has 1 aromatic heterocycles. The third kappa shape index (κ3) is 4.85. The zero-order valence-electron chi connectivity index (χ0n) is 13.2. The number of aliphatic hydroxyl groups excluding tert-OH is 1. The Labute approximate surface area is 139 Å². The van der Waals surface area contributed by atoms with E-state index in [0.29, 0.717) is 5.56 Å². The van der Waals surface area contributed by atoms with Gasteiger partial charge in [0.25, 0.3) is 0 Å². The van der Waals surface area contributed by atoms with Gasteiger partial charge in [-0.15, -0.1) is 0 Å². The van der Waals surface area contributed by atoms with Gasteiger partial charge < -0.3 is 24.3 Å². The van der Waals surface area contributed by atoms with Crippen LogP contribution in [0.25, 0.3) is 0 Å². The van der Waals surface area contributed by atoms with Crippen LogP contribution in [0.1, 0.15) is 24.1 Å². The predicted octanol–water partition coefficient (Wildman–Crippen LogP) is 2.17. The molecule has 0 fully saturated rings. The van der Waals surface area contributed by atoms with E-state index >= 15 is 0 Å². The van der Waals surface area contributed by atoms with E-state index in [1.807, 2.05) is 30.3 Å². The van der Waals surface area contributed by atoms with Crippen molar-refractivity contribution in [3.63, 3.8) is 0 Å². The van der Waals surface area contributed by atoms with Crippen LogP contribution in [0, 0.1) is 0 Å². The summed E-state index contributed by atoms with van der Waals surface area (Å²) >= 11 is 0. The van der Waals surface area contributed by atoms with Crippen molar-refractivity contribution in [3.05, 3.63) is 60.1 Å². The number of hydrogen-bond donors (Lipinski definition) is 2. The highest BCUT2D eigenvalue weighted by molar-refractivity contribution is 5.77. The van der Waals surface area contributed by atoms with Crippen LogP contribution in [0.2, 0.25) is 0 Å². The highest BCUT2D eigenvalue weighted by Gasteiger charge is 2.31. The molecule has 2 aromatic rings. The molecule has 128 valence electrons. The number of carbonyl (C=O) groups excluding carboxylic acids is 2. The van der Waals surface area contributed by atoms with Crippen molar-refractivity contribution in [3.8, 4) is 0 Å². The first kappa shape index (κ1) is 17.6. The summed E-state index contributed by atoms with van der Waals surface area (Å²) in [4.78, 5) is 23.7. The van der Waals surface area contributed by atoms with Crippen molar-refractivity contribution in [2.75, 3.05) is 6.61 Å².